The Morgan fingerprint density at radius 1 is 0.839 bits per heavy atom. The number of halogens is 2. The number of hydrogen-bond donors (Lipinski definition) is 1. The number of hydrogen-bond acceptors (Lipinski definition) is 5. The van der Waals surface area contributed by atoms with Crippen molar-refractivity contribution in [2.75, 3.05) is 0 Å². The first-order valence-corrected chi connectivity index (χ1v) is 10.3. The summed E-state index contributed by atoms with van der Waals surface area (Å²) in [7, 11) is -4.20. The fourth-order valence-corrected chi connectivity index (χ4v) is 4.27. The maximum atomic E-state index is 13.5. The number of aromatic nitrogens is 3. The highest BCUT2D eigenvalue weighted by Crippen LogP contribution is 2.32. The van der Waals surface area contributed by atoms with Gasteiger partial charge in [-0.3, -0.25) is 0 Å². The van der Waals surface area contributed by atoms with Crippen LogP contribution >= 0.6 is 0 Å². The molecule has 1 heterocycles. The van der Waals surface area contributed by atoms with Gasteiger partial charge in [-0.25, -0.2) is 26.7 Å². The number of nitrogens with zero attached hydrogens (tertiary/aromatic N) is 3. The molecule has 31 heavy (non-hydrogen) atoms. The van der Waals surface area contributed by atoms with E-state index in [1.807, 2.05) is 0 Å². The molecule has 0 bridgehead atoms. The molecular weight excluding hydrogens is 428 g/mol. The Kier molecular flexibility index (Phi) is 5.07. The Morgan fingerprint density at radius 3 is 1.94 bits per heavy atom. The van der Waals surface area contributed by atoms with Crippen molar-refractivity contribution >= 4 is 15.8 Å². The van der Waals surface area contributed by atoms with E-state index >= 15 is 0 Å². The molecule has 1 aromatic heterocycles. The van der Waals surface area contributed by atoms with Crippen molar-refractivity contribution in [2.45, 2.75) is 9.92 Å². The molecule has 1 N–H and O–H groups in total. The van der Waals surface area contributed by atoms with Crippen LogP contribution in [0.2, 0.25) is 0 Å². The zero-order chi connectivity index (χ0) is 22.2. The second-order valence-electron chi connectivity index (χ2n) is 6.47. The first-order chi connectivity index (χ1) is 14.8. The van der Waals surface area contributed by atoms with Gasteiger partial charge in [0.05, 0.1) is 16.1 Å². The lowest BCUT2D eigenvalue weighted by molar-refractivity contribution is 0.0697. The first-order valence-electron chi connectivity index (χ1n) is 8.83. The van der Waals surface area contributed by atoms with Gasteiger partial charge in [0.2, 0.25) is 14.9 Å². The maximum Gasteiger partial charge on any atom is 0.335 e. The summed E-state index contributed by atoms with van der Waals surface area (Å²) in [4.78, 5) is 10.9. The lowest BCUT2D eigenvalue weighted by atomic mass is 10.1. The largest absolute Gasteiger partial charge is 0.478 e. The van der Waals surface area contributed by atoms with Crippen molar-refractivity contribution < 1.29 is 27.1 Å². The average molecular weight is 441 g/mol. The number of carboxylic acids is 1. The molecule has 0 aliphatic rings. The van der Waals surface area contributed by atoms with E-state index in [2.05, 4.69) is 10.3 Å². The van der Waals surface area contributed by atoms with Crippen molar-refractivity contribution in [3.05, 3.63) is 90.0 Å². The molecule has 0 radical (unpaired) electrons. The second-order valence-corrected chi connectivity index (χ2v) is 8.34. The van der Waals surface area contributed by atoms with Gasteiger partial charge in [0.15, 0.2) is 0 Å². The van der Waals surface area contributed by atoms with Gasteiger partial charge >= 0.3 is 5.97 Å². The molecule has 4 aromatic rings. The molecule has 0 aliphatic heterocycles. The maximum absolute atomic E-state index is 13.5. The van der Waals surface area contributed by atoms with Gasteiger partial charge in [-0.1, -0.05) is 5.21 Å². The molecule has 10 heteroatoms. The molecule has 0 saturated carbocycles. The minimum absolute atomic E-state index is 0.0337. The van der Waals surface area contributed by atoms with Gasteiger partial charge in [0.1, 0.15) is 17.3 Å². The molecule has 156 valence electrons. The lowest BCUT2D eigenvalue weighted by Crippen LogP contribution is -2.06. The Labute approximate surface area is 175 Å². The van der Waals surface area contributed by atoms with Crippen LogP contribution in [0.15, 0.2) is 82.7 Å². The van der Waals surface area contributed by atoms with Crippen LogP contribution in [-0.2, 0) is 9.84 Å². The highest BCUT2D eigenvalue weighted by atomic mass is 32.2. The van der Waals surface area contributed by atoms with Gasteiger partial charge in [-0.05, 0) is 72.8 Å². The minimum atomic E-state index is -4.20. The predicted octanol–water partition coefficient (Wildman–Crippen LogP) is 3.74. The minimum Gasteiger partial charge on any atom is -0.478 e. The Bertz CT molecular complexity index is 1370. The van der Waals surface area contributed by atoms with E-state index < -0.39 is 32.5 Å². The van der Waals surface area contributed by atoms with Gasteiger partial charge in [-0.15, -0.1) is 5.10 Å². The van der Waals surface area contributed by atoms with Crippen molar-refractivity contribution in [3.8, 4) is 16.9 Å². The lowest BCUT2D eigenvalue weighted by Gasteiger charge is -2.09. The predicted molar refractivity (Wildman–Crippen MR) is 106 cm³/mol. The molecular formula is C21H13F2N3O4S. The van der Waals surface area contributed by atoms with Gasteiger partial charge in [-0.2, -0.15) is 0 Å². The van der Waals surface area contributed by atoms with E-state index in [9.17, 15) is 22.0 Å². The smallest absolute Gasteiger partial charge is 0.335 e. The summed E-state index contributed by atoms with van der Waals surface area (Å²) in [6.07, 6.45) is 0. The summed E-state index contributed by atoms with van der Waals surface area (Å²) in [6.45, 7) is 0. The highest BCUT2D eigenvalue weighted by Gasteiger charge is 2.29. The molecule has 0 spiro atoms. The van der Waals surface area contributed by atoms with Crippen molar-refractivity contribution in [3.63, 3.8) is 0 Å². The SMILES string of the molecule is O=C(O)c1ccc(-n2nnc(S(=O)(=O)c3ccc(F)cc3)c2-c2ccc(F)cc2)cc1. The van der Waals surface area contributed by atoms with Crippen LogP contribution in [0.3, 0.4) is 0 Å². The van der Waals surface area contributed by atoms with Crippen LogP contribution in [-0.4, -0.2) is 34.5 Å². The molecule has 0 aliphatic carbocycles. The third-order valence-corrected chi connectivity index (χ3v) is 6.17. The second kappa shape index (κ2) is 7.73. The van der Waals surface area contributed by atoms with Gasteiger partial charge in [0, 0.05) is 5.56 Å². The Balaban J connectivity index is 1.93. The van der Waals surface area contributed by atoms with E-state index in [-0.39, 0.29) is 16.2 Å². The number of carboxylic acid groups (broad SMARTS) is 1. The fourth-order valence-electron chi connectivity index (χ4n) is 2.95. The number of sulfone groups is 1. The van der Waals surface area contributed by atoms with Crippen molar-refractivity contribution in [1.29, 1.82) is 0 Å². The average Bonchev–Trinajstić information content (AvgIpc) is 3.21. The monoisotopic (exact) mass is 441 g/mol. The van der Waals surface area contributed by atoms with E-state index in [0.29, 0.717) is 11.3 Å². The van der Waals surface area contributed by atoms with E-state index in [1.165, 1.54) is 41.1 Å². The third-order valence-electron chi connectivity index (χ3n) is 4.49. The highest BCUT2D eigenvalue weighted by molar-refractivity contribution is 7.91. The molecule has 0 atom stereocenters. The summed E-state index contributed by atoms with van der Waals surface area (Å²) in [6, 6.07) is 14.9. The standard InChI is InChI=1S/C21H13F2N3O4S/c22-15-5-1-13(2-6-15)19-20(31(29,30)18-11-7-16(23)8-12-18)24-25-26(19)17-9-3-14(4-10-17)21(27)28/h1-12H,(H,27,28). The van der Waals surface area contributed by atoms with Crippen LogP contribution < -0.4 is 0 Å². The zero-order valence-electron chi connectivity index (χ0n) is 15.6. The Hall–Kier alpha value is -3.92. The van der Waals surface area contributed by atoms with Gasteiger partial charge in [0.25, 0.3) is 0 Å². The van der Waals surface area contributed by atoms with Crippen LogP contribution in [0.5, 0.6) is 0 Å². The third kappa shape index (κ3) is 3.80. The summed E-state index contributed by atoms with van der Waals surface area (Å²) in [5.74, 6) is -2.24. The summed E-state index contributed by atoms with van der Waals surface area (Å²) in [5, 5.41) is 16.5. The Morgan fingerprint density at radius 2 is 1.39 bits per heavy atom. The summed E-state index contributed by atoms with van der Waals surface area (Å²) >= 11 is 0. The summed E-state index contributed by atoms with van der Waals surface area (Å²) in [5.41, 5.74) is 0.741. The number of rotatable bonds is 5. The number of aromatic carboxylic acids is 1. The van der Waals surface area contributed by atoms with Crippen LogP contribution in [0, 0.1) is 11.6 Å². The summed E-state index contributed by atoms with van der Waals surface area (Å²) < 4.78 is 54.4. The first kappa shape index (κ1) is 20.4. The molecule has 3 aromatic carbocycles. The topological polar surface area (TPSA) is 102 Å². The fraction of sp³-hybridized carbons (Fsp3) is 0. The normalized spacial score (nSPS) is 11.4. The van der Waals surface area contributed by atoms with E-state index in [1.54, 1.807) is 0 Å². The van der Waals surface area contributed by atoms with Gasteiger partial charge < -0.3 is 5.11 Å². The zero-order valence-corrected chi connectivity index (χ0v) is 16.4. The molecule has 4 rings (SSSR count). The van der Waals surface area contributed by atoms with Crippen LogP contribution in [0.4, 0.5) is 8.78 Å². The quantitative estimate of drug-likeness (QED) is 0.474. The molecule has 0 saturated heterocycles. The molecule has 0 fully saturated rings. The molecule has 0 unspecified atom stereocenters. The van der Waals surface area contributed by atoms with Crippen LogP contribution in [0.25, 0.3) is 16.9 Å². The number of carbonyl (C=O) groups is 1. The van der Waals surface area contributed by atoms with E-state index in [4.69, 9.17) is 5.11 Å². The van der Waals surface area contributed by atoms with Crippen molar-refractivity contribution in [2.24, 2.45) is 0 Å². The van der Waals surface area contributed by atoms with Crippen molar-refractivity contribution in [1.82, 2.24) is 15.0 Å². The number of benzene rings is 3. The molecule has 7 nitrogen and oxygen atoms in total. The molecule has 0 amide bonds. The van der Waals surface area contributed by atoms with Crippen LogP contribution in [0.1, 0.15) is 10.4 Å². The van der Waals surface area contributed by atoms with E-state index in [0.717, 1.165) is 36.4 Å².